The molecule has 0 spiro atoms. The lowest BCUT2D eigenvalue weighted by molar-refractivity contribution is -0.116. The van der Waals surface area contributed by atoms with Crippen LogP contribution in [0.3, 0.4) is 0 Å². The molecule has 3 heteroatoms. The van der Waals surface area contributed by atoms with E-state index in [1.807, 2.05) is 6.92 Å². The summed E-state index contributed by atoms with van der Waals surface area (Å²) in [5, 5.41) is 0. The quantitative estimate of drug-likeness (QED) is 0.529. The molecule has 2 nitrogen and oxygen atoms in total. The van der Waals surface area contributed by atoms with Crippen molar-refractivity contribution in [3.05, 3.63) is 10.7 Å². The van der Waals surface area contributed by atoms with Gasteiger partial charge in [-0.25, -0.2) is 0 Å². The van der Waals surface area contributed by atoms with E-state index in [1.165, 1.54) is 6.08 Å². The van der Waals surface area contributed by atoms with Gasteiger partial charge in [-0.2, -0.15) is 0 Å². The molecule has 0 saturated heterocycles. The summed E-state index contributed by atoms with van der Waals surface area (Å²) in [5.41, 5.74) is 0. The fourth-order valence-electron chi connectivity index (χ4n) is 0.543. The van der Waals surface area contributed by atoms with Gasteiger partial charge >= 0.3 is 0 Å². The molecule has 1 unspecified atom stereocenters. The summed E-state index contributed by atoms with van der Waals surface area (Å²) in [6, 6.07) is 0. The minimum absolute atomic E-state index is 0.0497. The summed E-state index contributed by atoms with van der Waals surface area (Å²) >= 11 is 3.10. The molecule has 0 radical (unpaired) electrons. The van der Waals surface area contributed by atoms with E-state index in [-0.39, 0.29) is 11.7 Å². The van der Waals surface area contributed by atoms with Crippen molar-refractivity contribution in [2.24, 2.45) is 10.9 Å². The number of nitrogens with zero attached hydrogens (tertiary/aromatic N) is 1. The Morgan fingerprint density at radius 1 is 1.78 bits per heavy atom. The molecule has 0 aromatic heterocycles. The van der Waals surface area contributed by atoms with Gasteiger partial charge in [0.1, 0.15) is 4.61 Å². The molecule has 48 valence electrons. The molecule has 1 atom stereocenters. The van der Waals surface area contributed by atoms with Crippen LogP contribution in [0, 0.1) is 5.92 Å². The number of aliphatic imine (C=N–C) groups is 1. The Balaban J connectivity index is 2.82. The highest BCUT2D eigenvalue weighted by atomic mass is 79.9. The van der Waals surface area contributed by atoms with Gasteiger partial charge in [0.2, 0.25) is 0 Å². The molecule has 9 heavy (non-hydrogen) atoms. The third-order valence-corrected chi connectivity index (χ3v) is 1.57. The van der Waals surface area contributed by atoms with Crippen LogP contribution in [0.25, 0.3) is 0 Å². The molecule has 0 aromatic carbocycles. The minimum atomic E-state index is -0.0497. The third kappa shape index (κ3) is 1.48. The summed E-state index contributed by atoms with van der Waals surface area (Å²) < 4.78 is 0.616. The van der Waals surface area contributed by atoms with Crippen molar-refractivity contribution < 1.29 is 4.79 Å². The van der Waals surface area contributed by atoms with Gasteiger partial charge in [-0.1, -0.05) is 6.92 Å². The molecule has 0 bridgehead atoms. The van der Waals surface area contributed by atoms with Gasteiger partial charge < -0.3 is 0 Å². The van der Waals surface area contributed by atoms with Crippen LogP contribution in [0.4, 0.5) is 0 Å². The highest BCUT2D eigenvalue weighted by Gasteiger charge is 2.11. The molecule has 1 aliphatic rings. The summed E-state index contributed by atoms with van der Waals surface area (Å²) in [7, 11) is 0. The van der Waals surface area contributed by atoms with Crippen molar-refractivity contribution in [1.82, 2.24) is 0 Å². The predicted molar refractivity (Wildman–Crippen MR) is 39.7 cm³/mol. The van der Waals surface area contributed by atoms with Crippen molar-refractivity contribution in [2.75, 3.05) is 0 Å². The third-order valence-electron chi connectivity index (χ3n) is 1.13. The minimum Gasteiger partial charge on any atom is -0.294 e. The first-order valence-corrected chi connectivity index (χ1v) is 3.44. The number of carbonyl (C=O) groups is 1. The van der Waals surface area contributed by atoms with Gasteiger partial charge in [0.05, 0.1) is 5.92 Å². The van der Waals surface area contributed by atoms with E-state index >= 15 is 0 Å². The number of hydrogen-bond donors (Lipinski definition) is 0. The monoisotopic (exact) mass is 187 g/mol. The van der Waals surface area contributed by atoms with Crippen LogP contribution >= 0.6 is 15.9 Å². The van der Waals surface area contributed by atoms with E-state index in [1.54, 1.807) is 6.21 Å². The second-order valence-corrected chi connectivity index (χ2v) is 2.75. The van der Waals surface area contributed by atoms with Crippen molar-refractivity contribution in [1.29, 1.82) is 0 Å². The molecule has 0 amide bonds. The highest BCUT2D eigenvalue weighted by molar-refractivity contribution is 9.11. The lowest BCUT2D eigenvalue weighted by Crippen LogP contribution is -2.12. The molecule has 0 N–H and O–H groups in total. The average Bonchev–Trinajstić information content (AvgIpc) is 1.80. The van der Waals surface area contributed by atoms with E-state index in [0.29, 0.717) is 4.61 Å². The number of allylic oxidation sites excluding steroid dienone is 1. The Kier molecular flexibility index (Phi) is 1.81. The van der Waals surface area contributed by atoms with E-state index in [4.69, 9.17) is 0 Å². The van der Waals surface area contributed by atoms with E-state index in [2.05, 4.69) is 20.9 Å². The Labute approximate surface area is 61.8 Å². The Morgan fingerprint density at radius 2 is 2.44 bits per heavy atom. The number of rotatable bonds is 0. The first kappa shape index (κ1) is 6.68. The van der Waals surface area contributed by atoms with Gasteiger partial charge in [0, 0.05) is 12.3 Å². The number of halogens is 1. The Morgan fingerprint density at radius 3 is 2.89 bits per heavy atom. The van der Waals surface area contributed by atoms with Crippen molar-refractivity contribution >= 4 is 27.9 Å². The maximum atomic E-state index is 10.8. The van der Waals surface area contributed by atoms with Gasteiger partial charge in [0.15, 0.2) is 5.78 Å². The van der Waals surface area contributed by atoms with Crippen molar-refractivity contribution in [2.45, 2.75) is 6.92 Å². The van der Waals surface area contributed by atoms with Crippen LogP contribution in [0.5, 0.6) is 0 Å². The first-order chi connectivity index (χ1) is 4.20. The summed E-state index contributed by atoms with van der Waals surface area (Å²) in [6.07, 6.45) is 3.12. The summed E-state index contributed by atoms with van der Waals surface area (Å²) in [4.78, 5) is 14.7. The fraction of sp³-hybridized carbons (Fsp3) is 0.333. The molecule has 1 heterocycles. The second-order valence-electron chi connectivity index (χ2n) is 1.94. The van der Waals surface area contributed by atoms with Gasteiger partial charge in [-0.15, -0.1) is 0 Å². The molecule has 1 rings (SSSR count). The highest BCUT2D eigenvalue weighted by Crippen LogP contribution is 2.13. The van der Waals surface area contributed by atoms with Crippen LogP contribution < -0.4 is 0 Å². The lowest BCUT2D eigenvalue weighted by Gasteiger charge is -2.04. The van der Waals surface area contributed by atoms with Crippen LogP contribution in [0.15, 0.2) is 15.7 Å². The Bertz CT molecular complexity index is 195. The van der Waals surface area contributed by atoms with E-state index < -0.39 is 0 Å². The van der Waals surface area contributed by atoms with E-state index in [0.717, 1.165) is 0 Å². The van der Waals surface area contributed by atoms with Gasteiger partial charge in [0.25, 0.3) is 0 Å². The van der Waals surface area contributed by atoms with E-state index in [9.17, 15) is 4.79 Å². The Hall–Kier alpha value is -0.440. The zero-order chi connectivity index (χ0) is 6.85. The zero-order valence-corrected chi connectivity index (χ0v) is 6.55. The molecule has 1 aliphatic heterocycles. The summed E-state index contributed by atoms with van der Waals surface area (Å²) in [6.45, 7) is 1.82. The van der Waals surface area contributed by atoms with Crippen LogP contribution in [0.2, 0.25) is 0 Å². The SMILES string of the molecule is CC1C=NC(Br)=CC1=O. The maximum absolute atomic E-state index is 10.8. The number of hydrogen-bond acceptors (Lipinski definition) is 2. The molecule has 0 aliphatic carbocycles. The maximum Gasteiger partial charge on any atom is 0.166 e. The smallest absolute Gasteiger partial charge is 0.166 e. The number of ketones is 1. The normalized spacial score (nSPS) is 26.2. The average molecular weight is 188 g/mol. The zero-order valence-electron chi connectivity index (χ0n) is 4.97. The fourth-order valence-corrected chi connectivity index (χ4v) is 0.886. The van der Waals surface area contributed by atoms with Gasteiger partial charge in [-0.3, -0.25) is 9.79 Å². The van der Waals surface area contributed by atoms with Crippen LogP contribution in [-0.4, -0.2) is 12.0 Å². The molecular formula is C6H6BrNO. The predicted octanol–water partition coefficient (Wildman–Crippen LogP) is 1.51. The summed E-state index contributed by atoms with van der Waals surface area (Å²) in [5.74, 6) is 0.0585. The van der Waals surface area contributed by atoms with Crippen LogP contribution in [0.1, 0.15) is 6.92 Å². The van der Waals surface area contributed by atoms with Crippen molar-refractivity contribution in [3.8, 4) is 0 Å². The molecular weight excluding hydrogens is 182 g/mol. The lowest BCUT2D eigenvalue weighted by atomic mass is 10.1. The topological polar surface area (TPSA) is 29.4 Å². The van der Waals surface area contributed by atoms with Crippen LogP contribution in [-0.2, 0) is 4.79 Å². The molecule has 0 saturated carbocycles. The number of carbonyl (C=O) groups excluding carboxylic acids is 1. The second kappa shape index (κ2) is 2.43. The molecule has 0 fully saturated rings. The standard InChI is InChI=1S/C6H6BrNO/c1-4-3-8-6(7)2-5(4)9/h2-4H,1H3. The van der Waals surface area contributed by atoms with Crippen molar-refractivity contribution in [3.63, 3.8) is 0 Å². The first-order valence-electron chi connectivity index (χ1n) is 2.65. The largest absolute Gasteiger partial charge is 0.294 e. The molecule has 0 aromatic rings. The van der Waals surface area contributed by atoms with Gasteiger partial charge in [-0.05, 0) is 15.9 Å².